The van der Waals surface area contributed by atoms with E-state index in [9.17, 15) is 8.42 Å². The van der Waals surface area contributed by atoms with Crippen molar-refractivity contribution in [3.63, 3.8) is 0 Å². The first-order valence-electron chi connectivity index (χ1n) is 5.28. The molecule has 0 aromatic carbocycles. The second-order valence-corrected chi connectivity index (χ2v) is 6.12. The van der Waals surface area contributed by atoms with Crippen LogP contribution in [0.25, 0.3) is 0 Å². The molecular formula is C9H20N2O3S. The molecule has 2 atom stereocenters. The van der Waals surface area contributed by atoms with Crippen molar-refractivity contribution < 1.29 is 13.2 Å². The van der Waals surface area contributed by atoms with E-state index in [4.69, 9.17) is 10.5 Å². The maximum atomic E-state index is 12.1. The summed E-state index contributed by atoms with van der Waals surface area (Å²) < 4.78 is 30.8. The standard InChI is InChI=1S/C9H20N2O3S/c1-3-9(6-10)15(12,13)11(2)8-4-5-14-7-8/h8-9H,3-7,10H2,1-2H3. The van der Waals surface area contributed by atoms with E-state index in [-0.39, 0.29) is 12.6 Å². The molecule has 1 rings (SSSR count). The zero-order valence-corrected chi connectivity index (χ0v) is 10.2. The third kappa shape index (κ3) is 2.69. The van der Waals surface area contributed by atoms with Gasteiger partial charge in [-0.3, -0.25) is 0 Å². The molecule has 15 heavy (non-hydrogen) atoms. The highest BCUT2D eigenvalue weighted by atomic mass is 32.2. The van der Waals surface area contributed by atoms with Crippen LogP contribution in [-0.2, 0) is 14.8 Å². The lowest BCUT2D eigenvalue weighted by Gasteiger charge is -2.26. The first-order valence-corrected chi connectivity index (χ1v) is 6.79. The summed E-state index contributed by atoms with van der Waals surface area (Å²) in [6, 6.07) is -0.0180. The molecule has 0 bridgehead atoms. The molecule has 0 radical (unpaired) electrons. The molecule has 2 N–H and O–H groups in total. The van der Waals surface area contributed by atoms with Crippen LogP contribution in [0.3, 0.4) is 0 Å². The third-order valence-corrected chi connectivity index (χ3v) is 5.43. The van der Waals surface area contributed by atoms with Gasteiger partial charge in [-0.1, -0.05) is 6.92 Å². The van der Waals surface area contributed by atoms with E-state index >= 15 is 0 Å². The molecule has 5 nitrogen and oxygen atoms in total. The highest BCUT2D eigenvalue weighted by Gasteiger charge is 2.33. The molecule has 2 unspecified atom stereocenters. The summed E-state index contributed by atoms with van der Waals surface area (Å²) in [5, 5.41) is -0.469. The second kappa shape index (κ2) is 5.25. The zero-order valence-electron chi connectivity index (χ0n) is 9.35. The molecule has 0 aromatic heterocycles. The van der Waals surface area contributed by atoms with Crippen LogP contribution in [0.5, 0.6) is 0 Å². The van der Waals surface area contributed by atoms with Crippen LogP contribution in [-0.4, -0.2) is 50.8 Å². The van der Waals surface area contributed by atoms with Crippen LogP contribution in [0.15, 0.2) is 0 Å². The van der Waals surface area contributed by atoms with Crippen molar-refractivity contribution in [1.82, 2.24) is 4.31 Å². The van der Waals surface area contributed by atoms with Gasteiger partial charge in [-0.2, -0.15) is 4.31 Å². The van der Waals surface area contributed by atoms with E-state index in [0.29, 0.717) is 19.6 Å². The van der Waals surface area contributed by atoms with Gasteiger partial charge in [0.1, 0.15) is 0 Å². The monoisotopic (exact) mass is 236 g/mol. The summed E-state index contributed by atoms with van der Waals surface area (Å²) in [4.78, 5) is 0. The van der Waals surface area contributed by atoms with Gasteiger partial charge in [0.15, 0.2) is 0 Å². The highest BCUT2D eigenvalue weighted by Crippen LogP contribution is 2.18. The molecule has 0 aromatic rings. The summed E-state index contributed by atoms with van der Waals surface area (Å²) in [5.74, 6) is 0. The van der Waals surface area contributed by atoms with Crippen LogP contribution in [0.2, 0.25) is 0 Å². The van der Waals surface area contributed by atoms with Gasteiger partial charge >= 0.3 is 0 Å². The van der Waals surface area contributed by atoms with Gasteiger partial charge in [0.05, 0.1) is 17.9 Å². The SMILES string of the molecule is CCC(CN)S(=O)(=O)N(C)C1CCOC1. The van der Waals surface area contributed by atoms with Crippen molar-refractivity contribution in [2.75, 3.05) is 26.8 Å². The molecule has 1 fully saturated rings. The Morgan fingerprint density at radius 3 is 2.67 bits per heavy atom. The van der Waals surface area contributed by atoms with E-state index < -0.39 is 15.3 Å². The van der Waals surface area contributed by atoms with Gasteiger partial charge in [0, 0.05) is 20.2 Å². The Morgan fingerprint density at radius 1 is 1.60 bits per heavy atom. The summed E-state index contributed by atoms with van der Waals surface area (Å²) in [6.45, 7) is 3.16. The van der Waals surface area contributed by atoms with E-state index in [1.807, 2.05) is 6.92 Å². The largest absolute Gasteiger partial charge is 0.380 e. The van der Waals surface area contributed by atoms with E-state index in [1.54, 1.807) is 7.05 Å². The lowest BCUT2D eigenvalue weighted by Crippen LogP contribution is -2.45. The van der Waals surface area contributed by atoms with Crippen molar-refractivity contribution in [2.24, 2.45) is 5.73 Å². The number of nitrogens with two attached hydrogens (primary N) is 1. The fraction of sp³-hybridized carbons (Fsp3) is 1.00. The van der Waals surface area contributed by atoms with Crippen molar-refractivity contribution in [3.05, 3.63) is 0 Å². The highest BCUT2D eigenvalue weighted by molar-refractivity contribution is 7.89. The number of hydrogen-bond acceptors (Lipinski definition) is 4. The number of ether oxygens (including phenoxy) is 1. The molecule has 0 saturated carbocycles. The molecule has 6 heteroatoms. The molecule has 1 heterocycles. The fourth-order valence-electron chi connectivity index (χ4n) is 1.75. The first-order chi connectivity index (χ1) is 7.04. The lowest BCUT2D eigenvalue weighted by atomic mass is 10.3. The van der Waals surface area contributed by atoms with Gasteiger partial charge < -0.3 is 10.5 Å². The predicted octanol–water partition coefficient (Wildman–Crippen LogP) is -0.226. The van der Waals surface area contributed by atoms with Crippen molar-refractivity contribution >= 4 is 10.0 Å². The second-order valence-electron chi connectivity index (χ2n) is 3.84. The summed E-state index contributed by atoms with van der Waals surface area (Å²) in [6.07, 6.45) is 1.33. The number of rotatable bonds is 5. The normalized spacial score (nSPS) is 24.7. The molecule has 1 saturated heterocycles. The van der Waals surface area contributed by atoms with Crippen LogP contribution in [0.1, 0.15) is 19.8 Å². The average molecular weight is 236 g/mol. The molecule has 1 aliphatic heterocycles. The average Bonchev–Trinajstić information content (AvgIpc) is 2.70. The molecule has 0 amide bonds. The molecule has 0 aliphatic carbocycles. The Kier molecular flexibility index (Phi) is 4.51. The van der Waals surface area contributed by atoms with Crippen LogP contribution < -0.4 is 5.73 Å². The zero-order chi connectivity index (χ0) is 11.5. The number of hydrogen-bond donors (Lipinski definition) is 1. The molecule has 90 valence electrons. The Bertz CT molecular complexity index is 282. The van der Waals surface area contributed by atoms with Crippen LogP contribution in [0, 0.1) is 0 Å². The van der Waals surface area contributed by atoms with E-state index in [0.717, 1.165) is 6.42 Å². The maximum Gasteiger partial charge on any atom is 0.218 e. The van der Waals surface area contributed by atoms with E-state index in [2.05, 4.69) is 0 Å². The van der Waals surface area contributed by atoms with Gasteiger partial charge in [-0.05, 0) is 12.8 Å². The van der Waals surface area contributed by atoms with Crippen LogP contribution in [0.4, 0.5) is 0 Å². The minimum Gasteiger partial charge on any atom is -0.380 e. The minimum absolute atomic E-state index is 0.0180. The maximum absolute atomic E-state index is 12.1. The molecule has 1 aliphatic rings. The van der Waals surface area contributed by atoms with Crippen LogP contribution >= 0.6 is 0 Å². The third-order valence-electron chi connectivity index (χ3n) is 2.96. The Hall–Kier alpha value is -0.170. The number of sulfonamides is 1. The molecular weight excluding hydrogens is 216 g/mol. The quantitative estimate of drug-likeness (QED) is 0.716. The number of nitrogens with zero attached hydrogens (tertiary/aromatic N) is 1. The predicted molar refractivity (Wildman–Crippen MR) is 59.0 cm³/mol. The van der Waals surface area contributed by atoms with Gasteiger partial charge in [-0.25, -0.2) is 8.42 Å². The topological polar surface area (TPSA) is 72.6 Å². The lowest BCUT2D eigenvalue weighted by molar-refractivity contribution is 0.180. The minimum atomic E-state index is -3.26. The van der Waals surface area contributed by atoms with Gasteiger partial charge in [0.25, 0.3) is 0 Å². The summed E-state index contributed by atoms with van der Waals surface area (Å²) >= 11 is 0. The van der Waals surface area contributed by atoms with Gasteiger partial charge in [-0.15, -0.1) is 0 Å². The fourth-order valence-corrected chi connectivity index (χ4v) is 3.47. The van der Waals surface area contributed by atoms with Crippen molar-refractivity contribution in [2.45, 2.75) is 31.1 Å². The molecule has 0 spiro atoms. The Morgan fingerprint density at radius 2 is 2.27 bits per heavy atom. The first kappa shape index (κ1) is 12.9. The Balaban J connectivity index is 2.75. The van der Waals surface area contributed by atoms with Crippen molar-refractivity contribution in [1.29, 1.82) is 0 Å². The van der Waals surface area contributed by atoms with E-state index in [1.165, 1.54) is 4.31 Å². The van der Waals surface area contributed by atoms with Crippen molar-refractivity contribution in [3.8, 4) is 0 Å². The van der Waals surface area contributed by atoms with Gasteiger partial charge in [0.2, 0.25) is 10.0 Å². The smallest absolute Gasteiger partial charge is 0.218 e. The Labute approximate surface area is 91.6 Å². The summed E-state index contributed by atoms with van der Waals surface area (Å²) in [5.41, 5.74) is 5.47. The summed E-state index contributed by atoms with van der Waals surface area (Å²) in [7, 11) is -1.64. The number of likely N-dealkylation sites (N-methyl/N-ethyl adjacent to an activating group) is 1.